The van der Waals surface area contributed by atoms with Crippen LogP contribution in [-0.4, -0.2) is 64.2 Å². The molecule has 1 aromatic carbocycles. The van der Waals surface area contributed by atoms with Gasteiger partial charge in [-0.1, -0.05) is 12.1 Å². The molecule has 0 radical (unpaired) electrons. The predicted molar refractivity (Wildman–Crippen MR) is 126 cm³/mol. The molecule has 8 heteroatoms. The third kappa shape index (κ3) is 9.50. The van der Waals surface area contributed by atoms with Gasteiger partial charge in [-0.15, -0.1) is 24.0 Å². The molecule has 1 saturated heterocycles. The molecule has 1 aromatic rings. The van der Waals surface area contributed by atoms with Gasteiger partial charge in [0.15, 0.2) is 5.96 Å². The van der Waals surface area contributed by atoms with Crippen molar-refractivity contribution < 1.29 is 19.3 Å². The number of methoxy groups -OCH3 is 1. The highest BCUT2D eigenvalue weighted by atomic mass is 127. The van der Waals surface area contributed by atoms with Gasteiger partial charge in [0.25, 0.3) is 0 Å². The lowest BCUT2D eigenvalue weighted by Crippen LogP contribution is -2.39. The standard InChI is InChI=1S/C21H35N3O4.HI/c1-3-22-20(24-16-21(9-12-25)10-14-28-17-21)23-11-4-13-27-15-18-5-7-19(26-2)8-6-18;/h5-8,25H,3-4,9-17H2,1-2H3,(H2,22,23,24);1H. The maximum Gasteiger partial charge on any atom is 0.191 e. The first-order chi connectivity index (χ1) is 13.7. The molecular formula is C21H36IN3O4. The molecule has 1 atom stereocenters. The highest BCUT2D eigenvalue weighted by Gasteiger charge is 2.34. The summed E-state index contributed by atoms with van der Waals surface area (Å²) in [7, 11) is 1.66. The van der Waals surface area contributed by atoms with Gasteiger partial charge >= 0.3 is 0 Å². The minimum atomic E-state index is -0.0292. The molecule has 0 aliphatic carbocycles. The lowest BCUT2D eigenvalue weighted by atomic mass is 9.84. The van der Waals surface area contributed by atoms with E-state index in [1.807, 2.05) is 24.3 Å². The molecule has 2 rings (SSSR count). The maximum atomic E-state index is 9.34. The van der Waals surface area contributed by atoms with Crippen LogP contribution in [0.1, 0.15) is 31.7 Å². The quantitative estimate of drug-likeness (QED) is 0.170. The monoisotopic (exact) mass is 521 g/mol. The summed E-state index contributed by atoms with van der Waals surface area (Å²) in [5, 5.41) is 16.0. The second kappa shape index (κ2) is 14.8. The van der Waals surface area contributed by atoms with Crippen molar-refractivity contribution in [2.75, 3.05) is 53.2 Å². The molecule has 1 fully saturated rings. The van der Waals surface area contributed by atoms with Crippen molar-refractivity contribution in [1.29, 1.82) is 0 Å². The molecule has 1 unspecified atom stereocenters. The zero-order valence-electron chi connectivity index (χ0n) is 17.6. The van der Waals surface area contributed by atoms with Gasteiger partial charge in [-0.2, -0.15) is 0 Å². The number of guanidine groups is 1. The lowest BCUT2D eigenvalue weighted by molar-refractivity contribution is 0.119. The van der Waals surface area contributed by atoms with Crippen LogP contribution in [0.15, 0.2) is 29.3 Å². The summed E-state index contributed by atoms with van der Waals surface area (Å²) in [5.74, 6) is 1.66. The van der Waals surface area contributed by atoms with Gasteiger partial charge in [-0.25, -0.2) is 0 Å². The van der Waals surface area contributed by atoms with E-state index in [1.54, 1.807) is 7.11 Å². The van der Waals surface area contributed by atoms with E-state index in [0.717, 1.165) is 56.2 Å². The summed E-state index contributed by atoms with van der Waals surface area (Å²) < 4.78 is 16.4. The molecule has 1 heterocycles. The van der Waals surface area contributed by atoms with Crippen LogP contribution < -0.4 is 15.4 Å². The highest BCUT2D eigenvalue weighted by molar-refractivity contribution is 14.0. The van der Waals surface area contributed by atoms with Crippen LogP contribution in [0, 0.1) is 5.41 Å². The van der Waals surface area contributed by atoms with Crippen molar-refractivity contribution >= 4 is 29.9 Å². The van der Waals surface area contributed by atoms with Crippen molar-refractivity contribution in [2.24, 2.45) is 10.4 Å². The van der Waals surface area contributed by atoms with Crippen molar-refractivity contribution in [3.05, 3.63) is 29.8 Å². The minimum absolute atomic E-state index is 0. The maximum absolute atomic E-state index is 9.34. The van der Waals surface area contributed by atoms with Gasteiger partial charge in [0.2, 0.25) is 0 Å². The third-order valence-corrected chi connectivity index (χ3v) is 4.93. The van der Waals surface area contributed by atoms with Crippen LogP contribution in [0.2, 0.25) is 0 Å². The average molecular weight is 521 g/mol. The first-order valence-corrected chi connectivity index (χ1v) is 10.1. The summed E-state index contributed by atoms with van der Waals surface area (Å²) in [5.41, 5.74) is 1.11. The molecule has 0 aromatic heterocycles. The predicted octanol–water partition coefficient (Wildman–Crippen LogP) is 2.56. The second-order valence-corrected chi connectivity index (χ2v) is 7.15. The number of hydrogen-bond acceptors (Lipinski definition) is 5. The first kappa shape index (κ1) is 25.9. The van der Waals surface area contributed by atoms with E-state index in [4.69, 9.17) is 19.2 Å². The summed E-state index contributed by atoms with van der Waals surface area (Å²) in [6.45, 7) is 7.20. The van der Waals surface area contributed by atoms with Crippen LogP contribution in [0.25, 0.3) is 0 Å². The Labute approximate surface area is 191 Å². The Hall–Kier alpha value is -1.10. The summed E-state index contributed by atoms with van der Waals surface area (Å²) in [4.78, 5) is 4.72. The molecule has 0 saturated carbocycles. The highest BCUT2D eigenvalue weighted by Crippen LogP contribution is 2.32. The van der Waals surface area contributed by atoms with E-state index < -0.39 is 0 Å². The van der Waals surface area contributed by atoms with Crippen LogP contribution in [0.3, 0.4) is 0 Å². The summed E-state index contributed by atoms with van der Waals surface area (Å²) in [6.07, 6.45) is 2.58. The van der Waals surface area contributed by atoms with Gasteiger partial charge in [-0.05, 0) is 43.9 Å². The minimum Gasteiger partial charge on any atom is -0.497 e. The molecule has 7 nitrogen and oxygen atoms in total. The smallest absolute Gasteiger partial charge is 0.191 e. The number of halogens is 1. The number of nitrogens with zero attached hydrogens (tertiary/aromatic N) is 1. The Morgan fingerprint density at radius 2 is 2.07 bits per heavy atom. The van der Waals surface area contributed by atoms with Crippen molar-refractivity contribution in [1.82, 2.24) is 10.6 Å². The zero-order valence-corrected chi connectivity index (χ0v) is 19.9. The van der Waals surface area contributed by atoms with E-state index in [-0.39, 0.29) is 36.0 Å². The number of aliphatic imine (C=N–C) groups is 1. The molecule has 166 valence electrons. The van der Waals surface area contributed by atoms with E-state index >= 15 is 0 Å². The fourth-order valence-corrected chi connectivity index (χ4v) is 3.17. The molecule has 1 aliphatic heterocycles. The Kier molecular flexibility index (Phi) is 13.2. The molecule has 0 spiro atoms. The lowest BCUT2D eigenvalue weighted by Gasteiger charge is -2.24. The van der Waals surface area contributed by atoms with Gasteiger partial charge in [0.05, 0.1) is 26.9 Å². The van der Waals surface area contributed by atoms with Crippen molar-refractivity contribution in [3.8, 4) is 5.75 Å². The molecule has 29 heavy (non-hydrogen) atoms. The molecule has 3 N–H and O–H groups in total. The number of nitrogens with one attached hydrogen (secondary N) is 2. The van der Waals surface area contributed by atoms with E-state index in [1.165, 1.54) is 0 Å². The van der Waals surface area contributed by atoms with E-state index in [2.05, 4.69) is 17.6 Å². The molecular weight excluding hydrogens is 485 g/mol. The van der Waals surface area contributed by atoms with E-state index in [0.29, 0.717) is 26.4 Å². The van der Waals surface area contributed by atoms with Crippen LogP contribution in [0.4, 0.5) is 0 Å². The summed E-state index contributed by atoms with van der Waals surface area (Å²) in [6, 6.07) is 7.92. The van der Waals surface area contributed by atoms with Crippen molar-refractivity contribution in [2.45, 2.75) is 32.8 Å². The fraction of sp³-hybridized carbons (Fsp3) is 0.667. The molecule has 0 amide bonds. The largest absolute Gasteiger partial charge is 0.497 e. The average Bonchev–Trinajstić information content (AvgIpc) is 3.18. The number of ether oxygens (including phenoxy) is 3. The zero-order chi connectivity index (χ0) is 20.1. The Morgan fingerprint density at radius 3 is 2.69 bits per heavy atom. The fourth-order valence-electron chi connectivity index (χ4n) is 3.17. The second-order valence-electron chi connectivity index (χ2n) is 7.15. The van der Waals surface area contributed by atoms with Crippen molar-refractivity contribution in [3.63, 3.8) is 0 Å². The Morgan fingerprint density at radius 1 is 1.28 bits per heavy atom. The van der Waals surface area contributed by atoms with Crippen LogP contribution in [-0.2, 0) is 16.1 Å². The van der Waals surface area contributed by atoms with Gasteiger partial charge in [-0.3, -0.25) is 4.99 Å². The summed E-state index contributed by atoms with van der Waals surface area (Å²) >= 11 is 0. The number of aliphatic hydroxyl groups is 1. The number of hydrogen-bond donors (Lipinski definition) is 3. The van der Waals surface area contributed by atoms with Gasteiger partial charge in [0.1, 0.15) is 5.75 Å². The molecule has 0 bridgehead atoms. The normalized spacial score (nSPS) is 18.9. The molecule has 1 aliphatic rings. The SMILES string of the molecule is CCNC(=NCC1(CCO)CCOC1)NCCCOCc1ccc(OC)cc1.I. The number of benzene rings is 1. The Balaban J connectivity index is 0.00000420. The third-order valence-electron chi connectivity index (χ3n) is 4.93. The topological polar surface area (TPSA) is 84.3 Å². The van der Waals surface area contributed by atoms with Gasteiger partial charge < -0.3 is 30.0 Å². The van der Waals surface area contributed by atoms with Gasteiger partial charge in [0, 0.05) is 38.3 Å². The van der Waals surface area contributed by atoms with Crippen LogP contribution >= 0.6 is 24.0 Å². The van der Waals surface area contributed by atoms with E-state index in [9.17, 15) is 5.11 Å². The number of rotatable bonds is 12. The Bertz CT molecular complexity index is 578. The number of aliphatic hydroxyl groups excluding tert-OH is 1. The van der Waals surface area contributed by atoms with Crippen LogP contribution in [0.5, 0.6) is 5.75 Å². The first-order valence-electron chi connectivity index (χ1n) is 10.1.